The van der Waals surface area contributed by atoms with Gasteiger partial charge < -0.3 is 14.7 Å². The molecule has 0 spiro atoms. The van der Waals surface area contributed by atoms with Crippen LogP contribution in [0.4, 0.5) is 0 Å². The van der Waals surface area contributed by atoms with E-state index in [1.165, 1.54) is 0 Å². The molecular formula is C15H24N4O3. The van der Waals surface area contributed by atoms with Crippen molar-refractivity contribution in [1.29, 1.82) is 0 Å². The van der Waals surface area contributed by atoms with E-state index in [2.05, 4.69) is 9.97 Å². The van der Waals surface area contributed by atoms with Gasteiger partial charge in [0.1, 0.15) is 0 Å². The van der Waals surface area contributed by atoms with Gasteiger partial charge in [-0.2, -0.15) is 0 Å². The number of nitrogens with zero attached hydrogens (tertiary/aromatic N) is 4. The Bertz CT molecular complexity index is 485. The summed E-state index contributed by atoms with van der Waals surface area (Å²) < 4.78 is 5.02. The summed E-state index contributed by atoms with van der Waals surface area (Å²) in [5, 5.41) is 10.7. The zero-order valence-electron chi connectivity index (χ0n) is 13.2. The van der Waals surface area contributed by atoms with Crippen LogP contribution in [0, 0.1) is 0 Å². The lowest BCUT2D eigenvalue weighted by Gasteiger charge is -2.40. The first kappa shape index (κ1) is 16.8. The highest BCUT2D eigenvalue weighted by atomic mass is 16.5. The van der Waals surface area contributed by atoms with Gasteiger partial charge in [-0.05, 0) is 19.9 Å². The number of hydrogen-bond donors (Lipinski definition) is 1. The van der Waals surface area contributed by atoms with E-state index >= 15 is 0 Å². The second-order valence-corrected chi connectivity index (χ2v) is 5.79. The molecule has 1 saturated heterocycles. The third-order valence-electron chi connectivity index (χ3n) is 3.85. The smallest absolute Gasteiger partial charge is 0.255 e. The maximum atomic E-state index is 12.5. The van der Waals surface area contributed by atoms with E-state index < -0.39 is 5.60 Å². The fourth-order valence-corrected chi connectivity index (χ4v) is 2.82. The number of carbonyl (C=O) groups is 1. The largest absolute Gasteiger partial charge is 0.383 e. The highest BCUT2D eigenvalue weighted by Gasteiger charge is 2.42. The number of hydrogen-bond acceptors (Lipinski definition) is 6. The minimum atomic E-state index is -1.33. The summed E-state index contributed by atoms with van der Waals surface area (Å²) in [4.78, 5) is 24.3. The van der Waals surface area contributed by atoms with Crippen molar-refractivity contribution in [1.82, 2.24) is 19.8 Å². The summed E-state index contributed by atoms with van der Waals surface area (Å²) in [7, 11) is 3.48. The van der Waals surface area contributed by atoms with E-state index in [1.54, 1.807) is 30.6 Å². The van der Waals surface area contributed by atoms with Crippen LogP contribution in [-0.2, 0) is 16.1 Å². The number of aliphatic hydroxyl groups is 1. The molecule has 2 heterocycles. The molecule has 1 aliphatic rings. The number of aromatic nitrogens is 2. The van der Waals surface area contributed by atoms with E-state index in [9.17, 15) is 9.90 Å². The van der Waals surface area contributed by atoms with Gasteiger partial charge in [0, 0.05) is 51.9 Å². The number of piperidine rings is 1. The molecular weight excluding hydrogens is 284 g/mol. The molecule has 1 aromatic rings. The monoisotopic (exact) mass is 308 g/mol. The lowest BCUT2D eigenvalue weighted by molar-refractivity contribution is -0.160. The third kappa shape index (κ3) is 4.22. The molecule has 0 aromatic carbocycles. The highest BCUT2D eigenvalue weighted by molar-refractivity contribution is 5.86. The molecule has 1 atom stereocenters. The summed E-state index contributed by atoms with van der Waals surface area (Å²) >= 11 is 0. The number of ether oxygens (including phenoxy) is 1. The molecule has 2 rings (SSSR count). The molecule has 0 radical (unpaired) electrons. The van der Waals surface area contributed by atoms with Crippen molar-refractivity contribution in [2.45, 2.75) is 25.0 Å². The van der Waals surface area contributed by atoms with Gasteiger partial charge in [-0.1, -0.05) is 0 Å². The van der Waals surface area contributed by atoms with Crippen LogP contribution in [0.25, 0.3) is 0 Å². The zero-order chi connectivity index (χ0) is 16.0. The molecule has 7 nitrogen and oxygen atoms in total. The molecule has 122 valence electrons. The Balaban J connectivity index is 1.95. The van der Waals surface area contributed by atoms with Crippen LogP contribution in [0.2, 0.25) is 0 Å². The molecule has 1 N–H and O–H groups in total. The lowest BCUT2D eigenvalue weighted by atomic mass is 9.91. The molecule has 1 fully saturated rings. The van der Waals surface area contributed by atoms with E-state index in [4.69, 9.17) is 4.74 Å². The standard InChI is InChI=1S/C15H24N4O3/c1-18(11-13-10-16-5-6-17-13)12-15(21)4-3-7-19(14(15)20)8-9-22-2/h5-6,10,21H,3-4,7-9,11-12H2,1-2H3/t15-/m0/s1. The molecule has 0 aliphatic carbocycles. The fourth-order valence-electron chi connectivity index (χ4n) is 2.82. The van der Waals surface area contributed by atoms with Gasteiger partial charge in [0.15, 0.2) is 5.60 Å². The average Bonchev–Trinajstić information content (AvgIpc) is 2.50. The Morgan fingerprint density at radius 2 is 2.32 bits per heavy atom. The number of likely N-dealkylation sites (tertiary alicyclic amines) is 1. The molecule has 7 heteroatoms. The third-order valence-corrected chi connectivity index (χ3v) is 3.85. The van der Waals surface area contributed by atoms with Gasteiger partial charge in [-0.25, -0.2) is 0 Å². The van der Waals surface area contributed by atoms with Crippen molar-refractivity contribution in [2.24, 2.45) is 0 Å². The van der Waals surface area contributed by atoms with Crippen molar-refractivity contribution in [2.75, 3.05) is 40.4 Å². The topological polar surface area (TPSA) is 78.8 Å². The van der Waals surface area contributed by atoms with E-state index in [0.717, 1.165) is 12.1 Å². The highest BCUT2D eigenvalue weighted by Crippen LogP contribution is 2.24. The van der Waals surface area contributed by atoms with Crippen LogP contribution in [-0.4, -0.2) is 76.8 Å². The average molecular weight is 308 g/mol. The molecule has 0 bridgehead atoms. The summed E-state index contributed by atoms with van der Waals surface area (Å²) in [6.07, 6.45) is 6.23. The van der Waals surface area contributed by atoms with Crippen LogP contribution in [0.15, 0.2) is 18.6 Å². The maximum Gasteiger partial charge on any atom is 0.255 e. The molecule has 1 aliphatic heterocycles. The van der Waals surface area contributed by atoms with Gasteiger partial charge in [-0.15, -0.1) is 0 Å². The van der Waals surface area contributed by atoms with Crippen molar-refractivity contribution >= 4 is 5.91 Å². The predicted octanol–water partition coefficient (Wildman–Crippen LogP) is -0.0917. The Morgan fingerprint density at radius 1 is 1.50 bits per heavy atom. The Morgan fingerprint density at radius 3 is 3.00 bits per heavy atom. The van der Waals surface area contributed by atoms with Crippen molar-refractivity contribution < 1.29 is 14.6 Å². The second kappa shape index (κ2) is 7.62. The van der Waals surface area contributed by atoms with Crippen LogP contribution >= 0.6 is 0 Å². The minimum absolute atomic E-state index is 0.207. The minimum Gasteiger partial charge on any atom is -0.383 e. The van der Waals surface area contributed by atoms with Gasteiger partial charge in [0.25, 0.3) is 5.91 Å². The van der Waals surface area contributed by atoms with Crippen LogP contribution < -0.4 is 0 Å². The maximum absolute atomic E-state index is 12.5. The van der Waals surface area contributed by atoms with Crippen molar-refractivity contribution in [3.05, 3.63) is 24.3 Å². The Kier molecular flexibility index (Phi) is 5.82. The van der Waals surface area contributed by atoms with Crippen LogP contribution in [0.3, 0.4) is 0 Å². The second-order valence-electron chi connectivity index (χ2n) is 5.79. The summed E-state index contributed by atoms with van der Waals surface area (Å²) in [5.74, 6) is -0.207. The summed E-state index contributed by atoms with van der Waals surface area (Å²) in [6, 6.07) is 0. The number of methoxy groups -OCH3 is 1. The zero-order valence-corrected chi connectivity index (χ0v) is 13.2. The normalized spacial score (nSPS) is 22.4. The van der Waals surface area contributed by atoms with Crippen molar-refractivity contribution in [3.8, 4) is 0 Å². The summed E-state index contributed by atoms with van der Waals surface area (Å²) in [6.45, 7) is 2.51. The first-order valence-electron chi connectivity index (χ1n) is 7.49. The quantitative estimate of drug-likeness (QED) is 0.758. The van der Waals surface area contributed by atoms with Crippen LogP contribution in [0.1, 0.15) is 18.5 Å². The Labute approximate surface area is 130 Å². The van der Waals surface area contributed by atoms with E-state index in [1.807, 2.05) is 11.9 Å². The van der Waals surface area contributed by atoms with Crippen molar-refractivity contribution in [3.63, 3.8) is 0 Å². The van der Waals surface area contributed by atoms with Gasteiger partial charge >= 0.3 is 0 Å². The molecule has 0 unspecified atom stereocenters. The first-order chi connectivity index (χ1) is 10.5. The SMILES string of the molecule is COCCN1CCC[C@](O)(CN(C)Cc2cnccn2)C1=O. The predicted molar refractivity (Wildman–Crippen MR) is 81.0 cm³/mol. The Hall–Kier alpha value is -1.57. The summed E-state index contributed by atoms with van der Waals surface area (Å²) in [5.41, 5.74) is -0.517. The van der Waals surface area contributed by atoms with Crippen LogP contribution in [0.5, 0.6) is 0 Å². The lowest BCUT2D eigenvalue weighted by Crippen LogP contribution is -2.58. The van der Waals surface area contributed by atoms with E-state index in [0.29, 0.717) is 32.7 Å². The number of carbonyl (C=O) groups excluding carboxylic acids is 1. The van der Waals surface area contributed by atoms with Gasteiger partial charge in [-0.3, -0.25) is 19.7 Å². The fraction of sp³-hybridized carbons (Fsp3) is 0.667. The van der Waals surface area contributed by atoms with E-state index in [-0.39, 0.29) is 12.5 Å². The molecule has 22 heavy (non-hydrogen) atoms. The van der Waals surface area contributed by atoms with Gasteiger partial charge in [0.05, 0.1) is 12.3 Å². The number of amides is 1. The molecule has 1 amide bonds. The first-order valence-corrected chi connectivity index (χ1v) is 7.49. The number of rotatable bonds is 7. The number of likely N-dealkylation sites (N-methyl/N-ethyl adjacent to an activating group) is 1. The molecule has 1 aromatic heterocycles. The molecule has 0 saturated carbocycles. The van der Waals surface area contributed by atoms with Gasteiger partial charge in [0.2, 0.25) is 0 Å².